The first kappa shape index (κ1) is 17.4. The highest BCUT2D eigenvalue weighted by atomic mass is 16.2. The molecule has 0 aliphatic carbocycles. The van der Waals surface area contributed by atoms with Crippen molar-refractivity contribution >= 4 is 22.6 Å². The Morgan fingerprint density at radius 1 is 1.15 bits per heavy atom. The number of benzene rings is 2. The van der Waals surface area contributed by atoms with Gasteiger partial charge in [0, 0.05) is 31.6 Å². The third-order valence-electron chi connectivity index (χ3n) is 4.08. The lowest BCUT2D eigenvalue weighted by Gasteiger charge is -2.11. The number of nitriles is 1. The maximum absolute atomic E-state index is 11.9. The van der Waals surface area contributed by atoms with Gasteiger partial charge in [0.2, 0.25) is 0 Å². The van der Waals surface area contributed by atoms with Crippen LogP contribution in [0.15, 0.2) is 48.8 Å². The lowest BCUT2D eigenvalue weighted by atomic mass is 10.1. The highest BCUT2D eigenvalue weighted by Crippen LogP contribution is 2.20. The van der Waals surface area contributed by atoms with Crippen LogP contribution in [0.3, 0.4) is 0 Å². The van der Waals surface area contributed by atoms with Crippen molar-refractivity contribution in [2.45, 2.75) is 6.42 Å². The molecule has 0 atom stereocenters. The number of nitrogens with one attached hydrogen (secondary N) is 1. The summed E-state index contributed by atoms with van der Waals surface area (Å²) in [7, 11) is 3.48. The maximum atomic E-state index is 11.9. The number of hydrogen-bond donors (Lipinski definition) is 1. The van der Waals surface area contributed by atoms with Gasteiger partial charge < -0.3 is 10.2 Å². The van der Waals surface area contributed by atoms with Crippen molar-refractivity contribution in [1.82, 2.24) is 14.9 Å². The molecule has 3 rings (SSSR count). The molecule has 26 heavy (non-hydrogen) atoms. The van der Waals surface area contributed by atoms with Crippen molar-refractivity contribution in [3.63, 3.8) is 0 Å². The zero-order valence-corrected chi connectivity index (χ0v) is 14.7. The number of fused-ring (bicyclic) bond motifs is 1. The number of carbonyl (C=O) groups excluding carboxylic acids is 1. The summed E-state index contributed by atoms with van der Waals surface area (Å²) in [6.45, 7) is 0.684. The Bertz CT molecular complexity index is 974. The molecular formula is C20H19N5O. The van der Waals surface area contributed by atoms with Crippen molar-refractivity contribution in [3.05, 3.63) is 65.5 Å². The molecule has 0 radical (unpaired) electrons. The standard InChI is InChI=1S/C20H19N5O/c1-25(2)20(26)16-6-3-14(4-7-16)9-10-22-19-17-11-15(12-21)5-8-18(17)23-13-24-19/h3-8,11,13H,9-10H2,1-2H3,(H,22,23,24). The van der Waals surface area contributed by atoms with Gasteiger partial charge in [0.25, 0.3) is 5.91 Å². The van der Waals surface area contributed by atoms with Crippen molar-refractivity contribution < 1.29 is 4.79 Å². The van der Waals surface area contributed by atoms with Crippen LogP contribution in [-0.2, 0) is 6.42 Å². The summed E-state index contributed by atoms with van der Waals surface area (Å²) in [6.07, 6.45) is 2.30. The molecule has 0 spiro atoms. The molecule has 3 aromatic rings. The van der Waals surface area contributed by atoms with Crippen LogP contribution in [0.2, 0.25) is 0 Å². The minimum atomic E-state index is -0.00423. The number of rotatable bonds is 5. The zero-order chi connectivity index (χ0) is 18.5. The molecular weight excluding hydrogens is 326 g/mol. The Labute approximate surface area is 152 Å². The van der Waals surface area contributed by atoms with E-state index in [-0.39, 0.29) is 5.91 Å². The molecule has 1 amide bonds. The number of anilines is 1. The van der Waals surface area contributed by atoms with E-state index in [2.05, 4.69) is 21.4 Å². The van der Waals surface area contributed by atoms with E-state index in [1.807, 2.05) is 30.3 Å². The second kappa shape index (κ2) is 7.62. The second-order valence-electron chi connectivity index (χ2n) is 6.14. The molecule has 0 unspecified atom stereocenters. The van der Waals surface area contributed by atoms with E-state index in [9.17, 15) is 4.79 Å². The lowest BCUT2D eigenvalue weighted by molar-refractivity contribution is 0.0827. The quantitative estimate of drug-likeness (QED) is 0.769. The average Bonchev–Trinajstić information content (AvgIpc) is 2.67. The number of amides is 1. The van der Waals surface area contributed by atoms with Crippen molar-refractivity contribution in [2.75, 3.05) is 26.0 Å². The molecule has 1 heterocycles. The predicted molar refractivity (Wildman–Crippen MR) is 101 cm³/mol. The molecule has 1 aromatic heterocycles. The third-order valence-corrected chi connectivity index (χ3v) is 4.08. The highest BCUT2D eigenvalue weighted by Gasteiger charge is 2.08. The van der Waals surface area contributed by atoms with Crippen LogP contribution < -0.4 is 5.32 Å². The summed E-state index contributed by atoms with van der Waals surface area (Å²) in [5.74, 6) is 0.710. The van der Waals surface area contributed by atoms with E-state index >= 15 is 0 Å². The minimum absolute atomic E-state index is 0.00423. The molecule has 2 aromatic carbocycles. The molecule has 0 saturated carbocycles. The zero-order valence-electron chi connectivity index (χ0n) is 14.7. The Morgan fingerprint density at radius 2 is 1.92 bits per heavy atom. The summed E-state index contributed by atoms with van der Waals surface area (Å²) in [4.78, 5) is 22.0. The SMILES string of the molecule is CN(C)C(=O)c1ccc(CCNc2ncnc3ccc(C#N)cc23)cc1. The van der Waals surface area contributed by atoms with Crippen molar-refractivity contribution in [3.8, 4) is 6.07 Å². The molecule has 0 fully saturated rings. The normalized spacial score (nSPS) is 10.3. The van der Waals surface area contributed by atoms with Gasteiger partial charge in [-0.05, 0) is 42.3 Å². The van der Waals surface area contributed by atoms with Crippen LogP contribution in [0.1, 0.15) is 21.5 Å². The molecule has 6 heteroatoms. The maximum Gasteiger partial charge on any atom is 0.253 e. The molecule has 0 bridgehead atoms. The van der Waals surface area contributed by atoms with Crippen LogP contribution in [0.5, 0.6) is 0 Å². The van der Waals surface area contributed by atoms with Crippen LogP contribution in [-0.4, -0.2) is 41.4 Å². The first-order valence-electron chi connectivity index (χ1n) is 8.28. The predicted octanol–water partition coefficient (Wildman–Crippen LogP) is 2.86. The van der Waals surface area contributed by atoms with Crippen LogP contribution >= 0.6 is 0 Å². The summed E-state index contributed by atoms with van der Waals surface area (Å²) in [6, 6.07) is 15.1. The smallest absolute Gasteiger partial charge is 0.253 e. The molecule has 0 aliphatic rings. The second-order valence-corrected chi connectivity index (χ2v) is 6.14. The fraction of sp³-hybridized carbons (Fsp3) is 0.200. The molecule has 130 valence electrons. The molecule has 0 aliphatic heterocycles. The van der Waals surface area contributed by atoms with E-state index in [1.165, 1.54) is 6.33 Å². The van der Waals surface area contributed by atoms with E-state index in [0.717, 1.165) is 22.9 Å². The topological polar surface area (TPSA) is 81.9 Å². The third kappa shape index (κ3) is 3.78. The fourth-order valence-corrected chi connectivity index (χ4v) is 2.66. The minimum Gasteiger partial charge on any atom is -0.369 e. The van der Waals surface area contributed by atoms with E-state index < -0.39 is 0 Å². The molecule has 1 N–H and O–H groups in total. The Morgan fingerprint density at radius 3 is 2.62 bits per heavy atom. The van der Waals surface area contributed by atoms with E-state index in [0.29, 0.717) is 23.5 Å². The lowest BCUT2D eigenvalue weighted by Crippen LogP contribution is -2.21. The highest BCUT2D eigenvalue weighted by molar-refractivity contribution is 5.93. The molecule has 6 nitrogen and oxygen atoms in total. The number of carbonyl (C=O) groups is 1. The van der Waals surface area contributed by atoms with Crippen molar-refractivity contribution in [1.29, 1.82) is 5.26 Å². The number of nitrogens with zero attached hydrogens (tertiary/aromatic N) is 4. The monoisotopic (exact) mass is 345 g/mol. The van der Waals surface area contributed by atoms with Crippen LogP contribution in [0.4, 0.5) is 5.82 Å². The summed E-state index contributed by atoms with van der Waals surface area (Å²) >= 11 is 0. The Balaban J connectivity index is 1.68. The van der Waals surface area contributed by atoms with Crippen molar-refractivity contribution in [2.24, 2.45) is 0 Å². The van der Waals surface area contributed by atoms with Gasteiger partial charge in [0.05, 0.1) is 17.1 Å². The van der Waals surface area contributed by atoms with E-state index in [4.69, 9.17) is 5.26 Å². The first-order valence-corrected chi connectivity index (χ1v) is 8.28. The van der Waals surface area contributed by atoms with Gasteiger partial charge >= 0.3 is 0 Å². The van der Waals surface area contributed by atoms with E-state index in [1.54, 1.807) is 31.1 Å². The Kier molecular flexibility index (Phi) is 5.09. The summed E-state index contributed by atoms with van der Waals surface area (Å²) in [5.41, 5.74) is 3.19. The van der Waals surface area contributed by atoms with Gasteiger partial charge in [-0.2, -0.15) is 5.26 Å². The number of hydrogen-bond acceptors (Lipinski definition) is 5. The largest absolute Gasteiger partial charge is 0.369 e. The number of aromatic nitrogens is 2. The van der Waals surface area contributed by atoms with Gasteiger partial charge in [-0.15, -0.1) is 0 Å². The molecule has 0 saturated heterocycles. The summed E-state index contributed by atoms with van der Waals surface area (Å²) < 4.78 is 0. The first-order chi connectivity index (χ1) is 12.6. The van der Waals surface area contributed by atoms with Gasteiger partial charge in [0.1, 0.15) is 12.1 Å². The van der Waals surface area contributed by atoms with Gasteiger partial charge in [0.15, 0.2) is 0 Å². The summed E-state index contributed by atoms with van der Waals surface area (Å²) in [5, 5.41) is 13.2. The van der Waals surface area contributed by atoms with Crippen LogP contribution in [0, 0.1) is 11.3 Å². The van der Waals surface area contributed by atoms with Gasteiger partial charge in [-0.25, -0.2) is 9.97 Å². The average molecular weight is 345 g/mol. The van der Waals surface area contributed by atoms with Gasteiger partial charge in [-0.3, -0.25) is 4.79 Å². The van der Waals surface area contributed by atoms with Crippen LogP contribution in [0.25, 0.3) is 10.9 Å². The van der Waals surface area contributed by atoms with Gasteiger partial charge in [-0.1, -0.05) is 12.1 Å². The fourth-order valence-electron chi connectivity index (χ4n) is 2.66. The Hall–Kier alpha value is -3.46.